The maximum Gasteiger partial charge on any atom is 0.270 e. The van der Waals surface area contributed by atoms with Crippen LogP contribution in [0.25, 0.3) is 6.08 Å². The van der Waals surface area contributed by atoms with Gasteiger partial charge in [-0.3, -0.25) is 23.9 Å². The van der Waals surface area contributed by atoms with Gasteiger partial charge in [0.25, 0.3) is 11.5 Å². The molecule has 2 aliphatic rings. The Morgan fingerprint density at radius 3 is 2.53 bits per heavy atom. The molecule has 2 aromatic rings. The van der Waals surface area contributed by atoms with Gasteiger partial charge in [-0.15, -0.1) is 0 Å². The molecule has 2 N–H and O–H groups in total. The lowest BCUT2D eigenvalue weighted by Crippen LogP contribution is -2.41. The van der Waals surface area contributed by atoms with Crippen LogP contribution in [-0.2, 0) is 23.1 Å². The Morgan fingerprint density at radius 1 is 1.25 bits per heavy atom. The smallest absolute Gasteiger partial charge is 0.270 e. The number of carbonyl (C=O) groups excluding carboxylic acids is 2. The number of thiocarbonyl (C=S) groups is 1. The second-order valence-electron chi connectivity index (χ2n) is 8.95. The lowest BCUT2D eigenvalue weighted by Gasteiger charge is -2.34. The van der Waals surface area contributed by atoms with Gasteiger partial charge < -0.3 is 10.6 Å². The van der Waals surface area contributed by atoms with Gasteiger partial charge in [-0.25, -0.2) is 0 Å². The minimum atomic E-state index is -0.394. The standard InChI is InChI=1S/C26H27N5O3S2/c1-16-19(14-21-25(34)31(26(35)36-21)13-8-17-6-4-3-5-7-17)23(29(2)24(33)20(16)15-27)30-11-9-18(10-12-30)22(28)32/h3-7,14,18H,8-13H2,1-2H3,(H2,28,32). The number of piperidine rings is 1. The van der Waals surface area contributed by atoms with Crippen molar-refractivity contribution in [2.45, 2.75) is 26.2 Å². The van der Waals surface area contributed by atoms with E-state index in [-0.39, 0.29) is 23.3 Å². The normalized spacial score (nSPS) is 17.6. The summed E-state index contributed by atoms with van der Waals surface area (Å²) in [6.45, 7) is 3.26. The van der Waals surface area contributed by atoms with Crippen LogP contribution in [0.1, 0.15) is 35.1 Å². The fourth-order valence-corrected chi connectivity index (χ4v) is 5.97. The lowest BCUT2D eigenvalue weighted by atomic mass is 9.95. The van der Waals surface area contributed by atoms with Gasteiger partial charge >= 0.3 is 0 Å². The largest absolute Gasteiger partial charge is 0.369 e. The Balaban J connectivity index is 1.69. The molecule has 8 nitrogen and oxygen atoms in total. The van der Waals surface area contributed by atoms with Crippen molar-refractivity contribution in [2.75, 3.05) is 24.5 Å². The number of hydrogen-bond donors (Lipinski definition) is 1. The van der Waals surface area contributed by atoms with Crippen LogP contribution in [0.4, 0.5) is 5.82 Å². The summed E-state index contributed by atoms with van der Waals surface area (Å²) in [6, 6.07) is 11.9. The molecule has 2 saturated heterocycles. The number of carbonyl (C=O) groups is 2. The Morgan fingerprint density at radius 2 is 1.92 bits per heavy atom. The molecule has 4 rings (SSSR count). The second kappa shape index (κ2) is 10.7. The van der Waals surface area contributed by atoms with E-state index in [1.165, 1.54) is 16.3 Å². The van der Waals surface area contributed by atoms with Crippen LogP contribution in [0.2, 0.25) is 0 Å². The van der Waals surface area contributed by atoms with Crippen LogP contribution in [-0.4, -0.2) is 45.2 Å². The topological polar surface area (TPSA) is 112 Å². The van der Waals surface area contributed by atoms with Crippen LogP contribution in [0, 0.1) is 24.2 Å². The van der Waals surface area contributed by atoms with Crippen molar-refractivity contribution >= 4 is 52.0 Å². The number of nitrogens with two attached hydrogens (primary N) is 1. The number of nitriles is 1. The number of primary amides is 1. The number of pyridine rings is 1. The third-order valence-electron chi connectivity index (χ3n) is 6.78. The number of nitrogens with zero attached hydrogens (tertiary/aromatic N) is 4. The first-order valence-electron chi connectivity index (χ1n) is 11.7. The van der Waals surface area contributed by atoms with E-state index in [2.05, 4.69) is 0 Å². The average Bonchev–Trinajstić information content (AvgIpc) is 3.14. The summed E-state index contributed by atoms with van der Waals surface area (Å²) in [5, 5.41) is 9.67. The zero-order valence-electron chi connectivity index (χ0n) is 20.2. The van der Waals surface area contributed by atoms with Crippen molar-refractivity contribution in [3.8, 4) is 6.07 Å². The quantitative estimate of drug-likeness (QED) is 0.459. The van der Waals surface area contributed by atoms with Crippen molar-refractivity contribution in [1.82, 2.24) is 9.47 Å². The van der Waals surface area contributed by atoms with Gasteiger partial charge in [0, 0.05) is 38.2 Å². The van der Waals surface area contributed by atoms with E-state index in [1.807, 2.05) is 41.3 Å². The fraction of sp³-hybridized carbons (Fsp3) is 0.346. The first-order chi connectivity index (χ1) is 17.2. The van der Waals surface area contributed by atoms with E-state index in [1.54, 1.807) is 24.9 Å². The summed E-state index contributed by atoms with van der Waals surface area (Å²) in [7, 11) is 1.63. The van der Waals surface area contributed by atoms with Gasteiger partial charge in [0.1, 0.15) is 21.8 Å². The summed E-state index contributed by atoms with van der Waals surface area (Å²) >= 11 is 6.74. The van der Waals surface area contributed by atoms with Gasteiger partial charge in [0.15, 0.2) is 0 Å². The zero-order valence-corrected chi connectivity index (χ0v) is 21.8. The molecule has 1 aromatic carbocycles. The minimum absolute atomic E-state index is 0.0408. The van der Waals surface area contributed by atoms with Gasteiger partial charge in [-0.2, -0.15) is 5.26 Å². The number of aromatic nitrogens is 1. The van der Waals surface area contributed by atoms with Crippen LogP contribution in [0.5, 0.6) is 0 Å². The molecular formula is C26H27N5O3S2. The molecule has 0 aliphatic carbocycles. The highest BCUT2D eigenvalue weighted by Gasteiger charge is 2.33. The summed E-state index contributed by atoms with van der Waals surface area (Å²) in [5.41, 5.74) is 7.41. The predicted molar refractivity (Wildman–Crippen MR) is 145 cm³/mol. The molecular weight excluding hydrogens is 494 g/mol. The second-order valence-corrected chi connectivity index (χ2v) is 10.6. The molecule has 0 spiro atoms. The minimum Gasteiger partial charge on any atom is -0.369 e. The number of amides is 2. The molecule has 0 bridgehead atoms. The molecule has 1 aromatic heterocycles. The Labute approximate surface area is 219 Å². The lowest BCUT2D eigenvalue weighted by molar-refractivity contribution is -0.123. The van der Waals surface area contributed by atoms with E-state index in [0.717, 1.165) is 5.56 Å². The molecule has 0 unspecified atom stereocenters. The summed E-state index contributed by atoms with van der Waals surface area (Å²) in [4.78, 5) is 42.0. The van der Waals surface area contributed by atoms with Crippen LogP contribution in [0.3, 0.4) is 0 Å². The van der Waals surface area contributed by atoms with Crippen LogP contribution >= 0.6 is 24.0 Å². The zero-order chi connectivity index (χ0) is 26.0. The molecule has 2 aliphatic heterocycles. The average molecular weight is 522 g/mol. The SMILES string of the molecule is Cc1c(C=C2SC(=S)N(CCc3ccccc3)C2=O)c(N2CCC(C(N)=O)CC2)n(C)c(=O)c1C#N. The van der Waals surface area contributed by atoms with Crippen LogP contribution in [0.15, 0.2) is 40.0 Å². The first kappa shape index (κ1) is 25.7. The molecule has 186 valence electrons. The molecule has 0 radical (unpaired) electrons. The number of hydrogen-bond acceptors (Lipinski definition) is 7. The van der Waals surface area contributed by atoms with E-state index >= 15 is 0 Å². The highest BCUT2D eigenvalue weighted by Crippen LogP contribution is 2.36. The number of thioether (sulfide) groups is 1. The van der Waals surface area contributed by atoms with Gasteiger partial charge in [-0.05, 0) is 43.4 Å². The van der Waals surface area contributed by atoms with Crippen LogP contribution < -0.4 is 16.2 Å². The Bertz CT molecular complexity index is 1350. The number of rotatable bonds is 6. The van der Waals surface area contributed by atoms with Gasteiger partial charge in [-0.1, -0.05) is 54.3 Å². The maximum atomic E-state index is 13.3. The molecule has 3 heterocycles. The highest BCUT2D eigenvalue weighted by atomic mass is 32.2. The van der Waals surface area contributed by atoms with E-state index in [0.29, 0.717) is 65.1 Å². The Hall–Kier alpha value is -3.42. The third kappa shape index (κ3) is 4.94. The molecule has 10 heteroatoms. The van der Waals surface area contributed by atoms with Crippen molar-refractivity contribution in [3.05, 3.63) is 67.8 Å². The monoisotopic (exact) mass is 521 g/mol. The van der Waals surface area contributed by atoms with Crippen molar-refractivity contribution < 1.29 is 9.59 Å². The Kier molecular flexibility index (Phi) is 7.62. The summed E-state index contributed by atoms with van der Waals surface area (Å²) < 4.78 is 1.94. The third-order valence-corrected chi connectivity index (χ3v) is 8.16. The van der Waals surface area contributed by atoms with Gasteiger partial charge in [0.2, 0.25) is 5.91 Å². The molecule has 2 fully saturated rings. The maximum absolute atomic E-state index is 13.3. The summed E-state index contributed by atoms with van der Waals surface area (Å²) in [6.07, 6.45) is 3.57. The van der Waals surface area contributed by atoms with Gasteiger partial charge in [0.05, 0.1) is 4.91 Å². The predicted octanol–water partition coefficient (Wildman–Crippen LogP) is 2.71. The van der Waals surface area contributed by atoms with E-state index in [4.69, 9.17) is 18.0 Å². The molecule has 0 atom stereocenters. The summed E-state index contributed by atoms with van der Waals surface area (Å²) in [5.74, 6) is -0.0962. The number of anilines is 1. The first-order valence-corrected chi connectivity index (χ1v) is 12.9. The van der Waals surface area contributed by atoms with E-state index < -0.39 is 5.56 Å². The molecule has 36 heavy (non-hydrogen) atoms. The fourth-order valence-electron chi connectivity index (χ4n) is 4.68. The van der Waals surface area contributed by atoms with Crippen molar-refractivity contribution in [2.24, 2.45) is 18.7 Å². The van der Waals surface area contributed by atoms with Crippen molar-refractivity contribution in [3.63, 3.8) is 0 Å². The molecule has 2 amide bonds. The molecule has 0 saturated carbocycles. The van der Waals surface area contributed by atoms with E-state index in [9.17, 15) is 19.6 Å². The number of benzene rings is 1. The highest BCUT2D eigenvalue weighted by molar-refractivity contribution is 8.26. The van der Waals surface area contributed by atoms with Crippen molar-refractivity contribution in [1.29, 1.82) is 5.26 Å².